The van der Waals surface area contributed by atoms with Crippen molar-refractivity contribution in [1.29, 1.82) is 0 Å². The average Bonchev–Trinajstić information content (AvgIpc) is 2.70. The van der Waals surface area contributed by atoms with Crippen LogP contribution in [0.25, 0.3) is 0 Å². The lowest BCUT2D eigenvalue weighted by atomic mass is 10.0. The molecule has 31 heavy (non-hydrogen) atoms. The summed E-state index contributed by atoms with van der Waals surface area (Å²) in [5, 5.41) is 3.38. The molecule has 2 aromatic rings. The number of piperidine rings is 1. The van der Waals surface area contributed by atoms with Gasteiger partial charge in [0.1, 0.15) is 16.9 Å². The van der Waals surface area contributed by atoms with Crippen molar-refractivity contribution in [2.45, 2.75) is 52.2 Å². The molecule has 0 radical (unpaired) electrons. The van der Waals surface area contributed by atoms with E-state index in [4.69, 9.17) is 15.2 Å². The van der Waals surface area contributed by atoms with E-state index in [-0.39, 0.29) is 23.6 Å². The number of nitrogens with one attached hydrogen (secondary N) is 1. The Morgan fingerprint density at radius 2 is 1.81 bits per heavy atom. The summed E-state index contributed by atoms with van der Waals surface area (Å²) >= 11 is 0. The molecular formula is C23H30N4O4. The van der Waals surface area contributed by atoms with Gasteiger partial charge in [0.15, 0.2) is 0 Å². The molecule has 8 nitrogen and oxygen atoms in total. The number of hydrogen-bond donors (Lipinski definition) is 2. The Morgan fingerprint density at radius 3 is 2.39 bits per heavy atom. The second-order valence-corrected chi connectivity index (χ2v) is 8.74. The van der Waals surface area contributed by atoms with Crippen LogP contribution in [0, 0.1) is 6.92 Å². The molecule has 3 rings (SSSR count). The Labute approximate surface area is 182 Å². The normalized spacial score (nSPS) is 14.8. The summed E-state index contributed by atoms with van der Waals surface area (Å²) < 4.78 is 11.2. The van der Waals surface area contributed by atoms with Gasteiger partial charge >= 0.3 is 6.09 Å². The van der Waals surface area contributed by atoms with E-state index < -0.39 is 11.5 Å². The van der Waals surface area contributed by atoms with Crippen LogP contribution in [0.1, 0.15) is 49.5 Å². The Balaban J connectivity index is 1.62. The summed E-state index contributed by atoms with van der Waals surface area (Å²) in [5.74, 6) is 0.135. The van der Waals surface area contributed by atoms with E-state index >= 15 is 0 Å². The van der Waals surface area contributed by atoms with Crippen LogP contribution in [-0.2, 0) is 4.74 Å². The molecule has 1 aromatic carbocycles. The lowest BCUT2D eigenvalue weighted by Gasteiger charge is -2.34. The summed E-state index contributed by atoms with van der Waals surface area (Å²) in [5.41, 5.74) is 7.03. The lowest BCUT2D eigenvalue weighted by molar-refractivity contribution is 0.0210. The van der Waals surface area contributed by atoms with E-state index in [0.29, 0.717) is 24.5 Å². The van der Waals surface area contributed by atoms with Gasteiger partial charge in [-0.05, 0) is 58.7 Å². The van der Waals surface area contributed by atoms with Crippen molar-refractivity contribution < 1.29 is 19.1 Å². The first kappa shape index (κ1) is 22.4. The number of anilines is 1. The highest BCUT2D eigenvalue weighted by molar-refractivity contribution is 5.96. The first-order valence-electron chi connectivity index (χ1n) is 10.4. The van der Waals surface area contributed by atoms with Crippen molar-refractivity contribution in [3.05, 3.63) is 47.7 Å². The van der Waals surface area contributed by atoms with E-state index in [1.54, 1.807) is 17.2 Å². The van der Waals surface area contributed by atoms with Gasteiger partial charge in [-0.2, -0.15) is 0 Å². The van der Waals surface area contributed by atoms with Crippen molar-refractivity contribution in [1.82, 2.24) is 9.88 Å². The summed E-state index contributed by atoms with van der Waals surface area (Å²) in [6.07, 6.45) is 2.84. The monoisotopic (exact) mass is 426 g/mol. The molecular weight excluding hydrogens is 396 g/mol. The van der Waals surface area contributed by atoms with Gasteiger partial charge in [-0.15, -0.1) is 0 Å². The third kappa shape index (κ3) is 6.34. The van der Waals surface area contributed by atoms with E-state index in [1.165, 1.54) is 0 Å². The highest BCUT2D eigenvalue weighted by Gasteiger charge is 2.27. The predicted molar refractivity (Wildman–Crippen MR) is 118 cm³/mol. The largest absolute Gasteiger partial charge is 0.444 e. The van der Waals surface area contributed by atoms with Crippen molar-refractivity contribution in [3.63, 3.8) is 0 Å². The molecule has 1 aliphatic rings. The smallest absolute Gasteiger partial charge is 0.410 e. The Morgan fingerprint density at radius 1 is 1.16 bits per heavy atom. The van der Waals surface area contributed by atoms with Crippen LogP contribution in [0.4, 0.5) is 10.5 Å². The van der Waals surface area contributed by atoms with Crippen molar-refractivity contribution in [2.24, 2.45) is 5.73 Å². The number of ether oxygens (including phenoxy) is 2. The van der Waals surface area contributed by atoms with Crippen molar-refractivity contribution in [3.8, 4) is 11.6 Å². The number of carbonyl (C=O) groups excluding carboxylic acids is 2. The number of aryl methyl sites for hydroxylation is 1. The summed E-state index contributed by atoms with van der Waals surface area (Å²) in [7, 11) is 0. The highest BCUT2D eigenvalue weighted by Crippen LogP contribution is 2.26. The number of aromatic nitrogens is 1. The first-order valence-corrected chi connectivity index (χ1v) is 10.4. The topological polar surface area (TPSA) is 107 Å². The summed E-state index contributed by atoms with van der Waals surface area (Å²) in [6.45, 7) is 8.74. The Kier molecular flexibility index (Phi) is 6.68. The third-order valence-electron chi connectivity index (χ3n) is 4.87. The van der Waals surface area contributed by atoms with Gasteiger partial charge in [0.05, 0.1) is 11.9 Å². The van der Waals surface area contributed by atoms with Crippen LogP contribution >= 0.6 is 0 Å². The Bertz CT molecular complexity index is 930. The van der Waals surface area contributed by atoms with Crippen LogP contribution in [0.2, 0.25) is 0 Å². The second-order valence-electron chi connectivity index (χ2n) is 8.74. The number of nitrogens with two attached hydrogens (primary N) is 1. The van der Waals surface area contributed by atoms with Gasteiger partial charge in [-0.3, -0.25) is 4.79 Å². The molecule has 1 saturated heterocycles. The van der Waals surface area contributed by atoms with E-state index in [2.05, 4.69) is 10.3 Å². The number of likely N-dealkylation sites (tertiary alicyclic amines) is 1. The molecule has 0 aliphatic carbocycles. The van der Waals surface area contributed by atoms with Gasteiger partial charge in [-0.1, -0.05) is 17.7 Å². The molecule has 0 bridgehead atoms. The number of benzene rings is 1. The van der Waals surface area contributed by atoms with Crippen molar-refractivity contribution >= 4 is 17.7 Å². The number of carbonyl (C=O) groups is 2. The zero-order chi connectivity index (χ0) is 22.6. The molecule has 2 amide bonds. The SMILES string of the molecule is Cc1ccc(Oc2ncc(NC3CCN(C(=O)OC(C)(C)C)CC3)cc2C(N)=O)cc1. The van der Waals surface area contributed by atoms with Crippen LogP contribution in [0.5, 0.6) is 11.6 Å². The molecule has 1 aromatic heterocycles. The quantitative estimate of drug-likeness (QED) is 0.746. The molecule has 8 heteroatoms. The molecule has 1 fully saturated rings. The Hall–Kier alpha value is -3.29. The van der Waals surface area contributed by atoms with Gasteiger partial charge in [-0.25, -0.2) is 9.78 Å². The number of amides is 2. The fraction of sp³-hybridized carbons (Fsp3) is 0.435. The number of pyridine rings is 1. The minimum atomic E-state index is -0.613. The maximum absolute atomic E-state index is 12.2. The fourth-order valence-corrected chi connectivity index (χ4v) is 3.28. The first-order chi connectivity index (χ1) is 14.6. The van der Waals surface area contributed by atoms with Gasteiger partial charge in [0.25, 0.3) is 5.91 Å². The fourth-order valence-electron chi connectivity index (χ4n) is 3.28. The van der Waals surface area contributed by atoms with E-state index in [9.17, 15) is 9.59 Å². The minimum Gasteiger partial charge on any atom is -0.444 e. The summed E-state index contributed by atoms with van der Waals surface area (Å²) in [6, 6.07) is 9.25. The number of nitrogens with zero attached hydrogens (tertiary/aromatic N) is 2. The molecule has 0 unspecified atom stereocenters. The zero-order valence-electron chi connectivity index (χ0n) is 18.5. The van der Waals surface area contributed by atoms with Gasteiger partial charge in [0.2, 0.25) is 5.88 Å². The lowest BCUT2D eigenvalue weighted by Crippen LogP contribution is -2.44. The molecule has 3 N–H and O–H groups in total. The number of hydrogen-bond acceptors (Lipinski definition) is 6. The molecule has 1 aliphatic heterocycles. The maximum Gasteiger partial charge on any atom is 0.410 e. The standard InChI is InChI=1S/C23H30N4O4/c1-15-5-7-18(8-6-15)30-21-19(20(24)28)13-17(14-25-21)26-16-9-11-27(12-10-16)22(29)31-23(2,3)4/h5-8,13-14,16,26H,9-12H2,1-4H3,(H2,24,28). The maximum atomic E-state index is 12.2. The molecule has 166 valence electrons. The minimum absolute atomic E-state index is 0.144. The molecule has 0 saturated carbocycles. The number of primary amides is 1. The van der Waals surface area contributed by atoms with Crippen LogP contribution in [0.3, 0.4) is 0 Å². The second kappa shape index (κ2) is 9.24. The highest BCUT2D eigenvalue weighted by atomic mass is 16.6. The molecule has 0 atom stereocenters. The predicted octanol–water partition coefficient (Wildman–Crippen LogP) is 4.09. The van der Waals surface area contributed by atoms with Crippen molar-refractivity contribution in [2.75, 3.05) is 18.4 Å². The average molecular weight is 427 g/mol. The van der Waals surface area contributed by atoms with E-state index in [0.717, 1.165) is 18.4 Å². The molecule has 0 spiro atoms. The van der Waals surface area contributed by atoms with Crippen LogP contribution < -0.4 is 15.8 Å². The van der Waals surface area contributed by atoms with Crippen LogP contribution in [-0.4, -0.2) is 46.6 Å². The number of rotatable bonds is 5. The molecule has 2 heterocycles. The summed E-state index contributed by atoms with van der Waals surface area (Å²) in [4.78, 5) is 30.2. The van der Waals surface area contributed by atoms with Crippen LogP contribution in [0.15, 0.2) is 36.5 Å². The van der Waals surface area contributed by atoms with E-state index in [1.807, 2.05) is 52.0 Å². The zero-order valence-corrected chi connectivity index (χ0v) is 18.5. The van der Waals surface area contributed by atoms with Gasteiger partial charge < -0.3 is 25.4 Å². The van der Waals surface area contributed by atoms with Gasteiger partial charge in [0, 0.05) is 19.1 Å². The third-order valence-corrected chi connectivity index (χ3v) is 4.87.